The van der Waals surface area contributed by atoms with Crippen molar-refractivity contribution in [3.63, 3.8) is 0 Å². The first-order valence-corrected chi connectivity index (χ1v) is 9.24. The Morgan fingerprint density at radius 1 is 1.11 bits per heavy atom. The molecule has 1 aliphatic rings. The molecule has 0 fully saturated rings. The summed E-state index contributed by atoms with van der Waals surface area (Å²) in [5, 5.41) is 3.22. The molecule has 0 saturated carbocycles. The highest BCUT2D eigenvalue weighted by Gasteiger charge is 2.31. The first-order valence-electron chi connectivity index (χ1n) is 9.24. The van der Waals surface area contributed by atoms with E-state index in [2.05, 4.69) is 40.4 Å². The molecule has 0 radical (unpaired) electrons. The minimum Gasteiger partial charge on any atom is -0.354 e. The molecule has 5 nitrogen and oxygen atoms in total. The first kappa shape index (κ1) is 17.2. The maximum atomic E-state index is 13.1. The highest BCUT2D eigenvalue weighted by molar-refractivity contribution is 6.06. The minimum atomic E-state index is -0.0824. The zero-order valence-corrected chi connectivity index (χ0v) is 15.3. The number of anilines is 2. The summed E-state index contributed by atoms with van der Waals surface area (Å²) in [5.41, 5.74) is 3.84. The van der Waals surface area contributed by atoms with Crippen molar-refractivity contribution in [2.45, 2.75) is 25.8 Å². The van der Waals surface area contributed by atoms with Gasteiger partial charge in [-0.05, 0) is 43.0 Å². The van der Waals surface area contributed by atoms with E-state index in [1.165, 1.54) is 11.1 Å². The normalized spacial score (nSPS) is 15.4. The lowest BCUT2D eigenvalue weighted by molar-refractivity contribution is 0.0976. The van der Waals surface area contributed by atoms with Gasteiger partial charge in [-0.2, -0.15) is 0 Å². The molecule has 27 heavy (non-hydrogen) atoms. The van der Waals surface area contributed by atoms with Crippen molar-refractivity contribution in [2.75, 3.05) is 16.8 Å². The second kappa shape index (κ2) is 7.58. The second-order valence-corrected chi connectivity index (χ2v) is 6.78. The van der Waals surface area contributed by atoms with Gasteiger partial charge in [-0.25, -0.2) is 9.97 Å². The summed E-state index contributed by atoms with van der Waals surface area (Å²) in [7, 11) is 0. The van der Waals surface area contributed by atoms with Crippen molar-refractivity contribution in [3.8, 4) is 0 Å². The van der Waals surface area contributed by atoms with Crippen molar-refractivity contribution in [1.29, 1.82) is 0 Å². The van der Waals surface area contributed by atoms with Gasteiger partial charge < -0.3 is 10.2 Å². The molecule has 136 valence electrons. The third-order valence-corrected chi connectivity index (χ3v) is 4.84. The van der Waals surface area contributed by atoms with Crippen LogP contribution in [0.15, 0.2) is 66.9 Å². The van der Waals surface area contributed by atoms with Gasteiger partial charge in [0.25, 0.3) is 5.91 Å². The zero-order valence-electron chi connectivity index (χ0n) is 15.3. The summed E-state index contributed by atoms with van der Waals surface area (Å²) in [6, 6.07) is 20.1. The number of hydrogen-bond acceptors (Lipinski definition) is 4. The van der Waals surface area contributed by atoms with Crippen molar-refractivity contribution >= 4 is 17.5 Å². The summed E-state index contributed by atoms with van der Waals surface area (Å²) >= 11 is 0. The predicted octanol–water partition coefficient (Wildman–Crippen LogP) is 3.72. The SMILES string of the molecule is CC1Cc2ccccc2N1C(=O)c1ccnc(NCCc2ccccc2)n1. The second-order valence-electron chi connectivity index (χ2n) is 6.78. The van der Waals surface area contributed by atoms with E-state index in [1.807, 2.05) is 41.3 Å². The molecule has 0 bridgehead atoms. The van der Waals surface area contributed by atoms with Crippen molar-refractivity contribution in [1.82, 2.24) is 9.97 Å². The fourth-order valence-electron chi connectivity index (χ4n) is 3.52. The Morgan fingerprint density at radius 2 is 1.89 bits per heavy atom. The van der Waals surface area contributed by atoms with Gasteiger partial charge in [-0.1, -0.05) is 48.5 Å². The Kier molecular flexibility index (Phi) is 4.83. The molecule has 1 aliphatic heterocycles. The molecule has 2 aromatic carbocycles. The summed E-state index contributed by atoms with van der Waals surface area (Å²) in [4.78, 5) is 23.6. The van der Waals surface area contributed by atoms with Crippen LogP contribution in [0.4, 0.5) is 11.6 Å². The molecule has 2 heterocycles. The van der Waals surface area contributed by atoms with Crippen LogP contribution in [0.2, 0.25) is 0 Å². The van der Waals surface area contributed by atoms with Crippen molar-refractivity contribution < 1.29 is 4.79 Å². The highest BCUT2D eigenvalue weighted by atomic mass is 16.2. The number of benzene rings is 2. The molecular formula is C22H22N4O. The number of nitrogens with zero attached hydrogens (tertiary/aromatic N) is 3. The fourth-order valence-corrected chi connectivity index (χ4v) is 3.52. The first-order chi connectivity index (χ1) is 13.2. The molecular weight excluding hydrogens is 336 g/mol. The molecule has 1 atom stereocenters. The molecule has 0 saturated heterocycles. The molecule has 1 N–H and O–H groups in total. The molecule has 3 aromatic rings. The van der Waals surface area contributed by atoms with Gasteiger partial charge in [-0.3, -0.25) is 4.79 Å². The Morgan fingerprint density at radius 3 is 2.74 bits per heavy atom. The number of rotatable bonds is 5. The molecule has 0 spiro atoms. The summed E-state index contributed by atoms with van der Waals surface area (Å²) in [6.45, 7) is 2.78. The van der Waals surface area contributed by atoms with E-state index >= 15 is 0 Å². The van der Waals surface area contributed by atoms with E-state index in [1.54, 1.807) is 12.3 Å². The Balaban J connectivity index is 1.47. The van der Waals surface area contributed by atoms with Gasteiger partial charge in [0, 0.05) is 24.5 Å². The standard InChI is InChI=1S/C22H22N4O/c1-16-15-18-9-5-6-10-20(18)26(16)21(27)19-12-14-24-22(25-19)23-13-11-17-7-3-2-4-8-17/h2-10,12,14,16H,11,13,15H2,1H3,(H,23,24,25). The number of carbonyl (C=O) groups excluding carboxylic acids is 1. The predicted molar refractivity (Wildman–Crippen MR) is 107 cm³/mol. The van der Waals surface area contributed by atoms with Crippen LogP contribution < -0.4 is 10.2 Å². The van der Waals surface area contributed by atoms with Gasteiger partial charge in [0.2, 0.25) is 5.95 Å². The van der Waals surface area contributed by atoms with E-state index in [0.29, 0.717) is 18.2 Å². The maximum absolute atomic E-state index is 13.1. The lowest BCUT2D eigenvalue weighted by Crippen LogP contribution is -2.36. The van der Waals surface area contributed by atoms with Crippen LogP contribution in [0, 0.1) is 0 Å². The van der Waals surface area contributed by atoms with Gasteiger partial charge >= 0.3 is 0 Å². The number of hydrogen-bond donors (Lipinski definition) is 1. The molecule has 0 aliphatic carbocycles. The topological polar surface area (TPSA) is 58.1 Å². The van der Waals surface area contributed by atoms with Crippen LogP contribution in [0.25, 0.3) is 0 Å². The van der Waals surface area contributed by atoms with Crippen molar-refractivity contribution in [3.05, 3.63) is 83.7 Å². The molecule has 1 aromatic heterocycles. The monoisotopic (exact) mass is 358 g/mol. The molecule has 5 heteroatoms. The molecule has 4 rings (SSSR count). The third kappa shape index (κ3) is 3.67. The van der Waals surface area contributed by atoms with Gasteiger partial charge in [0.15, 0.2) is 0 Å². The average molecular weight is 358 g/mol. The van der Waals surface area contributed by atoms with Crippen molar-refractivity contribution in [2.24, 2.45) is 0 Å². The summed E-state index contributed by atoms with van der Waals surface area (Å²) < 4.78 is 0. The van der Waals surface area contributed by atoms with E-state index in [-0.39, 0.29) is 11.9 Å². The number of para-hydroxylation sites is 1. The quantitative estimate of drug-likeness (QED) is 0.755. The smallest absolute Gasteiger partial charge is 0.277 e. The Bertz CT molecular complexity index is 942. The van der Waals surface area contributed by atoms with E-state index < -0.39 is 0 Å². The number of fused-ring (bicyclic) bond motifs is 1. The number of carbonyl (C=O) groups is 1. The number of aromatic nitrogens is 2. The summed E-state index contributed by atoms with van der Waals surface area (Å²) in [5.74, 6) is 0.401. The lowest BCUT2D eigenvalue weighted by Gasteiger charge is -2.22. The van der Waals surface area contributed by atoms with Crippen LogP contribution in [0.1, 0.15) is 28.5 Å². The fraction of sp³-hybridized carbons (Fsp3) is 0.227. The largest absolute Gasteiger partial charge is 0.354 e. The third-order valence-electron chi connectivity index (χ3n) is 4.84. The van der Waals surface area contributed by atoms with Crippen LogP contribution in [0.5, 0.6) is 0 Å². The molecule has 1 unspecified atom stereocenters. The Labute approximate surface area is 159 Å². The average Bonchev–Trinajstić information content (AvgIpc) is 3.04. The van der Waals surface area contributed by atoms with E-state index in [0.717, 1.165) is 18.5 Å². The van der Waals surface area contributed by atoms with Crippen LogP contribution in [0.3, 0.4) is 0 Å². The maximum Gasteiger partial charge on any atom is 0.277 e. The van der Waals surface area contributed by atoms with Crippen LogP contribution in [-0.4, -0.2) is 28.5 Å². The van der Waals surface area contributed by atoms with Gasteiger partial charge in [-0.15, -0.1) is 0 Å². The van der Waals surface area contributed by atoms with Crippen LogP contribution >= 0.6 is 0 Å². The van der Waals surface area contributed by atoms with Gasteiger partial charge in [0.05, 0.1) is 0 Å². The minimum absolute atomic E-state index is 0.0824. The number of amides is 1. The lowest BCUT2D eigenvalue weighted by atomic mass is 10.1. The highest BCUT2D eigenvalue weighted by Crippen LogP contribution is 2.32. The van der Waals surface area contributed by atoms with E-state index in [4.69, 9.17) is 0 Å². The number of nitrogens with one attached hydrogen (secondary N) is 1. The van der Waals surface area contributed by atoms with Gasteiger partial charge in [0.1, 0.15) is 5.69 Å². The van der Waals surface area contributed by atoms with E-state index in [9.17, 15) is 4.79 Å². The summed E-state index contributed by atoms with van der Waals surface area (Å²) in [6.07, 6.45) is 3.38. The zero-order chi connectivity index (χ0) is 18.6. The Hall–Kier alpha value is -3.21. The van der Waals surface area contributed by atoms with Crippen LogP contribution in [-0.2, 0) is 12.8 Å². The molecule has 1 amide bonds.